The maximum Gasteiger partial charge on any atom is 0.329 e. The van der Waals surface area contributed by atoms with Gasteiger partial charge in [0.15, 0.2) is 5.82 Å². The van der Waals surface area contributed by atoms with Gasteiger partial charge in [0, 0.05) is 5.56 Å². The first-order valence-corrected chi connectivity index (χ1v) is 4.43. The normalized spacial score (nSPS) is 10.2. The molecule has 0 aliphatic rings. The fourth-order valence-electron chi connectivity index (χ4n) is 1.32. The maximum atomic E-state index is 11.1. The fraction of sp³-hybridized carbons (Fsp3) is 0.100. The van der Waals surface area contributed by atoms with Crippen molar-refractivity contribution in [3.8, 4) is 11.4 Å². The molecular weight excluding hydrogens is 194 g/mol. The van der Waals surface area contributed by atoms with Crippen LogP contribution in [-0.2, 0) is 0 Å². The van der Waals surface area contributed by atoms with Crippen molar-refractivity contribution in [3.63, 3.8) is 0 Å². The van der Waals surface area contributed by atoms with Crippen molar-refractivity contribution in [2.24, 2.45) is 0 Å². The van der Waals surface area contributed by atoms with E-state index < -0.39 is 11.1 Å². The van der Waals surface area contributed by atoms with E-state index >= 15 is 0 Å². The van der Waals surface area contributed by atoms with Crippen LogP contribution in [0.15, 0.2) is 33.9 Å². The van der Waals surface area contributed by atoms with Crippen LogP contribution in [0.1, 0.15) is 5.56 Å². The smallest absolute Gasteiger partial charge is 0.300 e. The number of benzene rings is 1. The molecule has 0 unspecified atom stereocenters. The lowest BCUT2D eigenvalue weighted by molar-refractivity contribution is 0.912. The number of aryl methyl sites for hydroxylation is 1. The van der Waals surface area contributed by atoms with Crippen LogP contribution in [0, 0.1) is 6.92 Å². The van der Waals surface area contributed by atoms with Crippen molar-refractivity contribution in [1.29, 1.82) is 0 Å². The standard InChI is InChI=1S/C10H9N3O2/c1-6-4-2-3-5-7(6)8-11-9(14)10(15)13-12-8/h2-5H,1H3,(H,13,15)(H,11,12,14). The van der Waals surface area contributed by atoms with Crippen molar-refractivity contribution in [2.45, 2.75) is 6.92 Å². The Bertz CT molecular complexity index is 598. The summed E-state index contributed by atoms with van der Waals surface area (Å²) in [5.74, 6) is 0.373. The lowest BCUT2D eigenvalue weighted by Gasteiger charge is -2.02. The van der Waals surface area contributed by atoms with Gasteiger partial charge in [-0.1, -0.05) is 24.3 Å². The molecule has 1 aromatic carbocycles. The van der Waals surface area contributed by atoms with Crippen LogP contribution in [0.2, 0.25) is 0 Å². The summed E-state index contributed by atoms with van der Waals surface area (Å²) in [6.07, 6.45) is 0. The molecule has 1 aromatic heterocycles. The van der Waals surface area contributed by atoms with Gasteiger partial charge in [-0.05, 0) is 12.5 Å². The van der Waals surface area contributed by atoms with E-state index in [0.717, 1.165) is 11.1 Å². The van der Waals surface area contributed by atoms with Crippen LogP contribution >= 0.6 is 0 Å². The number of H-pyrrole nitrogens is 2. The van der Waals surface area contributed by atoms with Crippen LogP contribution < -0.4 is 11.1 Å². The monoisotopic (exact) mass is 203 g/mol. The Balaban J connectivity index is 2.65. The molecule has 2 N–H and O–H groups in total. The Morgan fingerprint density at radius 1 is 1.13 bits per heavy atom. The largest absolute Gasteiger partial charge is 0.329 e. The zero-order valence-electron chi connectivity index (χ0n) is 8.07. The highest BCUT2D eigenvalue weighted by atomic mass is 16.2. The molecule has 5 nitrogen and oxygen atoms in total. The Hall–Kier alpha value is -2.17. The number of hydrogen-bond acceptors (Lipinski definition) is 3. The van der Waals surface area contributed by atoms with Gasteiger partial charge >= 0.3 is 11.1 Å². The molecule has 76 valence electrons. The molecule has 1 heterocycles. The minimum Gasteiger partial charge on any atom is -0.300 e. The quantitative estimate of drug-likeness (QED) is 0.660. The number of aromatic nitrogens is 3. The molecule has 2 rings (SSSR count). The molecule has 0 saturated carbocycles. The van der Waals surface area contributed by atoms with Gasteiger partial charge in [0.2, 0.25) is 0 Å². The molecule has 15 heavy (non-hydrogen) atoms. The average molecular weight is 203 g/mol. The number of hydrogen-bond donors (Lipinski definition) is 2. The van der Waals surface area contributed by atoms with E-state index in [9.17, 15) is 9.59 Å². The Morgan fingerprint density at radius 2 is 1.87 bits per heavy atom. The van der Waals surface area contributed by atoms with Gasteiger partial charge in [-0.25, -0.2) is 5.10 Å². The predicted octanol–water partition coefficient (Wildman–Crippen LogP) is 0.434. The van der Waals surface area contributed by atoms with E-state index in [1.54, 1.807) is 0 Å². The molecule has 2 aromatic rings. The van der Waals surface area contributed by atoms with Crippen LogP contribution in [0.5, 0.6) is 0 Å². The van der Waals surface area contributed by atoms with Gasteiger partial charge < -0.3 is 4.98 Å². The van der Waals surface area contributed by atoms with Gasteiger partial charge in [0.05, 0.1) is 0 Å². The van der Waals surface area contributed by atoms with Crippen molar-refractivity contribution >= 4 is 0 Å². The highest BCUT2D eigenvalue weighted by molar-refractivity contribution is 5.58. The summed E-state index contributed by atoms with van der Waals surface area (Å²) in [7, 11) is 0. The summed E-state index contributed by atoms with van der Waals surface area (Å²) in [5.41, 5.74) is 0.342. The van der Waals surface area contributed by atoms with Crippen LogP contribution in [0.3, 0.4) is 0 Å². The zero-order chi connectivity index (χ0) is 10.8. The Labute approximate surface area is 84.8 Å². The van der Waals surface area contributed by atoms with Gasteiger partial charge in [0.1, 0.15) is 0 Å². The van der Waals surface area contributed by atoms with E-state index in [1.807, 2.05) is 31.2 Å². The summed E-state index contributed by atoms with van der Waals surface area (Å²) >= 11 is 0. The van der Waals surface area contributed by atoms with E-state index in [2.05, 4.69) is 15.2 Å². The molecule has 0 atom stereocenters. The molecule has 0 fully saturated rings. The zero-order valence-corrected chi connectivity index (χ0v) is 8.07. The lowest BCUT2D eigenvalue weighted by Crippen LogP contribution is -2.30. The van der Waals surface area contributed by atoms with E-state index in [0.29, 0.717) is 5.82 Å². The summed E-state index contributed by atoms with van der Waals surface area (Å²) < 4.78 is 0. The van der Waals surface area contributed by atoms with E-state index in [4.69, 9.17) is 0 Å². The van der Waals surface area contributed by atoms with E-state index in [1.165, 1.54) is 0 Å². The summed E-state index contributed by atoms with van der Waals surface area (Å²) in [6.45, 7) is 1.90. The maximum absolute atomic E-state index is 11.1. The van der Waals surface area contributed by atoms with E-state index in [-0.39, 0.29) is 0 Å². The summed E-state index contributed by atoms with van der Waals surface area (Å²) in [6, 6.07) is 7.46. The lowest BCUT2D eigenvalue weighted by atomic mass is 10.1. The van der Waals surface area contributed by atoms with Crippen molar-refractivity contribution in [1.82, 2.24) is 15.2 Å². The van der Waals surface area contributed by atoms with Crippen molar-refractivity contribution < 1.29 is 0 Å². The third-order valence-corrected chi connectivity index (χ3v) is 2.11. The molecule has 0 spiro atoms. The minimum absolute atomic E-state index is 0.373. The Kier molecular flexibility index (Phi) is 2.21. The predicted molar refractivity (Wildman–Crippen MR) is 55.7 cm³/mol. The first-order chi connectivity index (χ1) is 7.18. The molecule has 0 aliphatic carbocycles. The molecule has 0 radical (unpaired) electrons. The number of aromatic amines is 2. The van der Waals surface area contributed by atoms with Crippen LogP contribution in [-0.4, -0.2) is 15.2 Å². The second kappa shape index (κ2) is 3.53. The fourth-order valence-corrected chi connectivity index (χ4v) is 1.32. The van der Waals surface area contributed by atoms with Gasteiger partial charge in [-0.2, -0.15) is 5.10 Å². The second-order valence-corrected chi connectivity index (χ2v) is 3.17. The molecule has 0 saturated heterocycles. The van der Waals surface area contributed by atoms with Crippen molar-refractivity contribution in [2.75, 3.05) is 0 Å². The second-order valence-electron chi connectivity index (χ2n) is 3.17. The average Bonchev–Trinajstić information content (AvgIpc) is 2.23. The molecule has 5 heteroatoms. The first-order valence-electron chi connectivity index (χ1n) is 4.43. The van der Waals surface area contributed by atoms with Crippen LogP contribution in [0.25, 0.3) is 11.4 Å². The third-order valence-electron chi connectivity index (χ3n) is 2.11. The van der Waals surface area contributed by atoms with Gasteiger partial charge in [-0.15, -0.1) is 0 Å². The van der Waals surface area contributed by atoms with Gasteiger partial charge in [0.25, 0.3) is 0 Å². The van der Waals surface area contributed by atoms with Gasteiger partial charge in [-0.3, -0.25) is 9.59 Å². The highest BCUT2D eigenvalue weighted by Gasteiger charge is 2.04. The molecule has 0 amide bonds. The highest BCUT2D eigenvalue weighted by Crippen LogP contribution is 2.16. The molecule has 0 aliphatic heterocycles. The molecular formula is C10H9N3O2. The SMILES string of the molecule is Cc1ccccc1-c1n[nH]c(=O)c(=O)[nH]1. The first kappa shape index (κ1) is 9.39. The topological polar surface area (TPSA) is 78.6 Å². The van der Waals surface area contributed by atoms with Crippen molar-refractivity contribution in [3.05, 3.63) is 50.5 Å². The molecule has 0 bridgehead atoms. The number of nitrogens with one attached hydrogen (secondary N) is 2. The number of rotatable bonds is 1. The summed E-state index contributed by atoms with van der Waals surface area (Å²) in [4.78, 5) is 24.3. The Morgan fingerprint density at radius 3 is 2.53 bits per heavy atom. The minimum atomic E-state index is -0.743. The summed E-state index contributed by atoms with van der Waals surface area (Å²) in [5, 5.41) is 5.92. The third kappa shape index (κ3) is 1.71. The van der Waals surface area contributed by atoms with Crippen LogP contribution in [0.4, 0.5) is 0 Å². The number of nitrogens with zero attached hydrogens (tertiary/aromatic N) is 1.